The van der Waals surface area contributed by atoms with Crippen LogP contribution in [0, 0.1) is 6.92 Å². The average Bonchev–Trinajstić information content (AvgIpc) is 2.31. The lowest BCUT2D eigenvalue weighted by molar-refractivity contribution is -0.139. The van der Waals surface area contributed by atoms with Gasteiger partial charge in [-0.25, -0.2) is 8.42 Å². The summed E-state index contributed by atoms with van der Waals surface area (Å²) in [6.45, 7) is 4.00. The van der Waals surface area contributed by atoms with Crippen LogP contribution in [0.4, 0.5) is 5.69 Å². The Morgan fingerprint density at radius 3 is 2.15 bits per heavy atom. The molecule has 6 nitrogen and oxygen atoms in total. The quantitative estimate of drug-likeness (QED) is 0.851. The third-order valence-electron chi connectivity index (χ3n) is 2.95. The van der Waals surface area contributed by atoms with Crippen LogP contribution in [0.3, 0.4) is 0 Å². The molecule has 1 rings (SSSR count). The van der Waals surface area contributed by atoms with Gasteiger partial charge in [-0.2, -0.15) is 0 Å². The Bertz CT molecular complexity index is 617. The normalized spacial score (nSPS) is 11.9. The molecule has 110 valence electrons. The smallest absolute Gasteiger partial charge is 0.324 e. The van der Waals surface area contributed by atoms with Crippen LogP contribution in [-0.2, 0) is 19.4 Å². The van der Waals surface area contributed by atoms with Gasteiger partial charge in [0.15, 0.2) is 14.6 Å². The van der Waals surface area contributed by atoms with Gasteiger partial charge in [0.2, 0.25) is 5.91 Å². The number of nitrogens with one attached hydrogen (secondary N) is 1. The lowest BCUT2D eigenvalue weighted by Crippen LogP contribution is -2.44. The van der Waals surface area contributed by atoms with Gasteiger partial charge < -0.3 is 10.4 Å². The highest BCUT2D eigenvalue weighted by Crippen LogP contribution is 2.18. The van der Waals surface area contributed by atoms with E-state index in [0.717, 1.165) is 19.4 Å². The molecule has 0 heterocycles. The van der Waals surface area contributed by atoms with Crippen LogP contribution < -0.4 is 5.32 Å². The maximum absolute atomic E-state index is 11.9. The average molecular weight is 299 g/mol. The molecule has 0 bridgehead atoms. The van der Waals surface area contributed by atoms with Crippen LogP contribution in [0.2, 0.25) is 0 Å². The van der Waals surface area contributed by atoms with Crippen molar-refractivity contribution in [2.45, 2.75) is 25.5 Å². The van der Waals surface area contributed by atoms with E-state index in [1.165, 1.54) is 0 Å². The summed E-state index contributed by atoms with van der Waals surface area (Å²) in [6, 6.07) is 6.82. The summed E-state index contributed by atoms with van der Waals surface area (Å²) in [4.78, 5) is 22.6. The standard InChI is InChI=1S/C13H17NO5S/c1-9-4-6-10(7-5-9)14-11(15)8-20(18,19)13(2,3)12(16)17/h4-7H,8H2,1-3H3,(H,14,15)(H,16,17). The first-order valence-corrected chi connectivity index (χ1v) is 7.54. The Morgan fingerprint density at radius 1 is 1.20 bits per heavy atom. The van der Waals surface area contributed by atoms with Crippen molar-refractivity contribution in [1.29, 1.82) is 0 Å². The molecule has 0 aliphatic carbocycles. The molecule has 20 heavy (non-hydrogen) atoms. The first-order chi connectivity index (χ1) is 9.06. The molecule has 1 aromatic carbocycles. The Morgan fingerprint density at radius 2 is 1.70 bits per heavy atom. The van der Waals surface area contributed by atoms with Crippen LogP contribution in [0.15, 0.2) is 24.3 Å². The van der Waals surface area contributed by atoms with Crippen LogP contribution in [0.1, 0.15) is 19.4 Å². The number of benzene rings is 1. The number of carbonyl (C=O) groups is 2. The van der Waals surface area contributed by atoms with Gasteiger partial charge in [0, 0.05) is 5.69 Å². The van der Waals surface area contributed by atoms with Crippen molar-refractivity contribution in [3.05, 3.63) is 29.8 Å². The maximum Gasteiger partial charge on any atom is 0.324 e. The van der Waals surface area contributed by atoms with E-state index in [9.17, 15) is 18.0 Å². The summed E-state index contributed by atoms with van der Waals surface area (Å²) >= 11 is 0. The van der Waals surface area contributed by atoms with Crippen molar-refractivity contribution in [3.8, 4) is 0 Å². The van der Waals surface area contributed by atoms with Crippen molar-refractivity contribution in [1.82, 2.24) is 0 Å². The number of aliphatic carboxylic acids is 1. The monoisotopic (exact) mass is 299 g/mol. The number of carbonyl (C=O) groups excluding carboxylic acids is 1. The van der Waals surface area contributed by atoms with Crippen molar-refractivity contribution < 1.29 is 23.1 Å². The fourth-order valence-corrected chi connectivity index (χ4v) is 2.36. The van der Waals surface area contributed by atoms with E-state index in [-0.39, 0.29) is 0 Å². The predicted molar refractivity (Wildman–Crippen MR) is 75.3 cm³/mol. The first kappa shape index (κ1) is 16.2. The van der Waals surface area contributed by atoms with Gasteiger partial charge in [-0.1, -0.05) is 17.7 Å². The molecule has 0 aromatic heterocycles. The molecule has 1 amide bonds. The molecule has 7 heteroatoms. The number of aryl methyl sites for hydroxylation is 1. The van der Waals surface area contributed by atoms with Crippen LogP contribution in [0.5, 0.6) is 0 Å². The molecule has 0 fully saturated rings. The zero-order chi connectivity index (χ0) is 15.6. The molecule has 0 unspecified atom stereocenters. The lowest BCUT2D eigenvalue weighted by Gasteiger charge is -2.19. The van der Waals surface area contributed by atoms with Crippen LogP contribution in [-0.4, -0.2) is 35.9 Å². The fraction of sp³-hybridized carbons (Fsp3) is 0.385. The number of sulfone groups is 1. The van der Waals surface area contributed by atoms with Crippen LogP contribution >= 0.6 is 0 Å². The van der Waals surface area contributed by atoms with Gasteiger partial charge >= 0.3 is 5.97 Å². The van der Waals surface area contributed by atoms with E-state index in [1.807, 2.05) is 6.92 Å². The highest BCUT2D eigenvalue weighted by atomic mass is 32.2. The minimum Gasteiger partial charge on any atom is -0.480 e. The van der Waals surface area contributed by atoms with Crippen molar-refractivity contribution in [2.24, 2.45) is 0 Å². The topological polar surface area (TPSA) is 101 Å². The number of amides is 1. The molecule has 1 aromatic rings. The van der Waals surface area contributed by atoms with Gasteiger partial charge in [-0.05, 0) is 32.9 Å². The summed E-state index contributed by atoms with van der Waals surface area (Å²) in [5, 5.41) is 11.3. The Balaban J connectivity index is 2.81. The third kappa shape index (κ3) is 3.57. The Kier molecular flexibility index (Phi) is 4.54. The second kappa shape index (κ2) is 5.62. The van der Waals surface area contributed by atoms with Gasteiger partial charge in [-0.3, -0.25) is 9.59 Å². The predicted octanol–water partition coefficient (Wildman–Crippen LogP) is 1.21. The van der Waals surface area contributed by atoms with Gasteiger partial charge in [-0.15, -0.1) is 0 Å². The van der Waals surface area contributed by atoms with Crippen molar-refractivity contribution in [2.75, 3.05) is 11.1 Å². The van der Waals surface area contributed by atoms with E-state index < -0.39 is 32.2 Å². The summed E-state index contributed by atoms with van der Waals surface area (Å²) in [6.07, 6.45) is 0. The van der Waals surface area contributed by atoms with Gasteiger partial charge in [0.25, 0.3) is 0 Å². The molecule has 0 saturated heterocycles. The molecule has 2 N–H and O–H groups in total. The summed E-state index contributed by atoms with van der Waals surface area (Å²) in [5.41, 5.74) is 1.46. The summed E-state index contributed by atoms with van der Waals surface area (Å²) in [5.74, 6) is -3.12. The fourth-order valence-electron chi connectivity index (χ4n) is 1.32. The second-order valence-corrected chi connectivity index (χ2v) is 7.53. The van der Waals surface area contributed by atoms with E-state index >= 15 is 0 Å². The number of hydrogen-bond donors (Lipinski definition) is 2. The van der Waals surface area contributed by atoms with Crippen LogP contribution in [0.25, 0.3) is 0 Å². The van der Waals surface area contributed by atoms with E-state index in [4.69, 9.17) is 5.11 Å². The highest BCUT2D eigenvalue weighted by Gasteiger charge is 2.42. The molecular weight excluding hydrogens is 282 g/mol. The molecule has 0 aliphatic rings. The van der Waals surface area contributed by atoms with E-state index in [2.05, 4.69) is 5.32 Å². The van der Waals surface area contributed by atoms with Crippen molar-refractivity contribution >= 4 is 27.4 Å². The lowest BCUT2D eigenvalue weighted by atomic mass is 10.2. The molecule has 0 aliphatic heterocycles. The summed E-state index contributed by atoms with van der Waals surface area (Å²) in [7, 11) is -4.10. The third-order valence-corrected chi connectivity index (χ3v) is 5.32. The van der Waals surface area contributed by atoms with Crippen molar-refractivity contribution in [3.63, 3.8) is 0 Å². The number of carboxylic acids is 1. The molecule has 0 spiro atoms. The van der Waals surface area contributed by atoms with E-state index in [0.29, 0.717) is 5.69 Å². The van der Waals surface area contributed by atoms with Gasteiger partial charge in [0.05, 0.1) is 0 Å². The first-order valence-electron chi connectivity index (χ1n) is 5.88. The Hall–Kier alpha value is -1.89. The molecular formula is C13H17NO5S. The van der Waals surface area contributed by atoms with E-state index in [1.54, 1.807) is 24.3 Å². The largest absolute Gasteiger partial charge is 0.480 e. The zero-order valence-corrected chi connectivity index (χ0v) is 12.3. The molecule has 0 atom stereocenters. The number of carboxylic acid groups (broad SMARTS) is 1. The zero-order valence-electron chi connectivity index (χ0n) is 11.5. The number of hydrogen-bond acceptors (Lipinski definition) is 4. The number of rotatable bonds is 5. The Labute approximate surface area is 117 Å². The minimum absolute atomic E-state index is 0.462. The second-order valence-electron chi connectivity index (χ2n) is 4.99. The minimum atomic E-state index is -4.10. The maximum atomic E-state index is 11.9. The number of anilines is 1. The summed E-state index contributed by atoms with van der Waals surface area (Å²) < 4.78 is 21.8. The molecule has 0 radical (unpaired) electrons. The highest BCUT2D eigenvalue weighted by molar-refractivity contribution is 7.94. The SMILES string of the molecule is Cc1ccc(NC(=O)CS(=O)(=O)C(C)(C)C(=O)O)cc1. The van der Waals surface area contributed by atoms with Gasteiger partial charge in [0.1, 0.15) is 5.75 Å². The molecule has 0 saturated carbocycles.